The fourth-order valence-corrected chi connectivity index (χ4v) is 2.68. The van der Waals surface area contributed by atoms with Crippen LogP contribution in [0.2, 0.25) is 0 Å². The molecule has 0 saturated carbocycles. The first-order valence-corrected chi connectivity index (χ1v) is 8.24. The van der Waals surface area contributed by atoms with Gasteiger partial charge in [0.1, 0.15) is 5.71 Å². The van der Waals surface area contributed by atoms with Gasteiger partial charge in [-0.2, -0.15) is 5.10 Å². The molecule has 1 aliphatic heterocycles. The fraction of sp³-hybridized carbons (Fsp3) is 0.421. The number of nitrogens with zero attached hydrogens (tertiary/aromatic N) is 3. The SMILES string of the molecule is C=C(C)CN(CC)C(=O)C1=NN(c2cc(C)ccc2C)C(=O)CC1. The van der Waals surface area contributed by atoms with Gasteiger partial charge in [0.15, 0.2) is 0 Å². The van der Waals surface area contributed by atoms with Gasteiger partial charge in [0.25, 0.3) is 5.91 Å². The lowest BCUT2D eigenvalue weighted by Crippen LogP contribution is -2.42. The highest BCUT2D eigenvalue weighted by Crippen LogP contribution is 2.25. The summed E-state index contributed by atoms with van der Waals surface area (Å²) >= 11 is 0. The van der Waals surface area contributed by atoms with Crippen LogP contribution in [0.1, 0.15) is 37.8 Å². The Morgan fingerprint density at radius 2 is 2.04 bits per heavy atom. The first kappa shape index (κ1) is 17.9. The highest BCUT2D eigenvalue weighted by molar-refractivity contribution is 6.40. The van der Waals surface area contributed by atoms with Crippen molar-refractivity contribution in [3.8, 4) is 0 Å². The van der Waals surface area contributed by atoms with Crippen LogP contribution in [0.3, 0.4) is 0 Å². The van der Waals surface area contributed by atoms with E-state index < -0.39 is 0 Å². The Bertz CT molecular complexity index is 707. The van der Waals surface area contributed by atoms with E-state index in [1.54, 1.807) is 4.90 Å². The minimum atomic E-state index is -0.122. The van der Waals surface area contributed by atoms with E-state index in [0.717, 1.165) is 22.4 Å². The van der Waals surface area contributed by atoms with Crippen LogP contribution < -0.4 is 5.01 Å². The first-order valence-electron chi connectivity index (χ1n) is 8.24. The van der Waals surface area contributed by atoms with Gasteiger partial charge in [-0.05, 0) is 44.9 Å². The van der Waals surface area contributed by atoms with Crippen LogP contribution in [0.5, 0.6) is 0 Å². The Hall–Kier alpha value is -2.43. The first-order chi connectivity index (χ1) is 11.3. The Balaban J connectivity index is 2.35. The van der Waals surface area contributed by atoms with E-state index in [1.165, 1.54) is 5.01 Å². The molecule has 1 aliphatic rings. The number of hydrogen-bond acceptors (Lipinski definition) is 3. The molecule has 5 nitrogen and oxygen atoms in total. The van der Waals surface area contributed by atoms with Gasteiger partial charge in [-0.1, -0.05) is 24.3 Å². The van der Waals surface area contributed by atoms with Gasteiger partial charge in [0, 0.05) is 25.9 Å². The zero-order valence-corrected chi connectivity index (χ0v) is 14.9. The molecule has 0 fully saturated rings. The van der Waals surface area contributed by atoms with E-state index >= 15 is 0 Å². The fourth-order valence-electron chi connectivity index (χ4n) is 2.68. The van der Waals surface area contributed by atoms with Gasteiger partial charge >= 0.3 is 0 Å². The number of hydrogen-bond donors (Lipinski definition) is 0. The normalized spacial score (nSPS) is 14.4. The van der Waals surface area contributed by atoms with Crippen LogP contribution >= 0.6 is 0 Å². The zero-order chi connectivity index (χ0) is 17.9. The van der Waals surface area contributed by atoms with Crippen molar-refractivity contribution in [3.63, 3.8) is 0 Å². The maximum atomic E-state index is 12.7. The summed E-state index contributed by atoms with van der Waals surface area (Å²) in [6.45, 7) is 12.7. The largest absolute Gasteiger partial charge is 0.334 e. The van der Waals surface area contributed by atoms with E-state index in [9.17, 15) is 9.59 Å². The van der Waals surface area contributed by atoms with Crippen molar-refractivity contribution in [3.05, 3.63) is 41.5 Å². The maximum Gasteiger partial charge on any atom is 0.270 e. The number of hydrazone groups is 1. The third kappa shape index (κ3) is 3.91. The number of carbonyl (C=O) groups excluding carboxylic acids is 2. The van der Waals surface area contributed by atoms with Crippen LogP contribution in [0, 0.1) is 13.8 Å². The molecule has 128 valence electrons. The molecular weight excluding hydrogens is 302 g/mol. The van der Waals surface area contributed by atoms with E-state index in [1.807, 2.05) is 45.9 Å². The van der Waals surface area contributed by atoms with E-state index in [0.29, 0.717) is 31.6 Å². The van der Waals surface area contributed by atoms with Crippen LogP contribution in [-0.4, -0.2) is 35.5 Å². The number of likely N-dealkylation sites (N-methyl/N-ethyl adjacent to an activating group) is 1. The predicted molar refractivity (Wildman–Crippen MR) is 97.1 cm³/mol. The molecule has 0 radical (unpaired) electrons. The Kier molecular flexibility index (Phi) is 5.54. The molecule has 0 unspecified atom stereocenters. The molecule has 0 aliphatic carbocycles. The Morgan fingerprint density at radius 1 is 1.33 bits per heavy atom. The molecule has 1 aromatic rings. The van der Waals surface area contributed by atoms with Crippen molar-refractivity contribution in [1.82, 2.24) is 4.90 Å². The molecule has 1 aromatic carbocycles. The highest BCUT2D eigenvalue weighted by Gasteiger charge is 2.28. The second-order valence-corrected chi connectivity index (χ2v) is 6.32. The minimum absolute atomic E-state index is 0.0804. The van der Waals surface area contributed by atoms with Crippen molar-refractivity contribution < 1.29 is 9.59 Å². The molecular formula is C19H25N3O2. The second-order valence-electron chi connectivity index (χ2n) is 6.32. The van der Waals surface area contributed by atoms with Crippen molar-refractivity contribution in [1.29, 1.82) is 0 Å². The molecule has 0 spiro atoms. The Morgan fingerprint density at radius 3 is 2.67 bits per heavy atom. The summed E-state index contributed by atoms with van der Waals surface area (Å²) in [4.78, 5) is 26.7. The summed E-state index contributed by atoms with van der Waals surface area (Å²) in [7, 11) is 0. The lowest BCUT2D eigenvalue weighted by atomic mass is 10.1. The van der Waals surface area contributed by atoms with Crippen molar-refractivity contribution >= 4 is 23.2 Å². The summed E-state index contributed by atoms with van der Waals surface area (Å²) in [5.74, 6) is -0.202. The number of amides is 2. The molecule has 0 aromatic heterocycles. The molecule has 0 N–H and O–H groups in total. The monoisotopic (exact) mass is 327 g/mol. The zero-order valence-electron chi connectivity index (χ0n) is 14.9. The molecule has 0 saturated heterocycles. The average Bonchev–Trinajstić information content (AvgIpc) is 2.54. The van der Waals surface area contributed by atoms with Crippen molar-refractivity contribution in [2.24, 2.45) is 5.10 Å². The summed E-state index contributed by atoms with van der Waals surface area (Å²) in [5, 5.41) is 5.77. The van der Waals surface area contributed by atoms with Crippen LogP contribution in [0.25, 0.3) is 0 Å². The molecule has 2 rings (SSSR count). The van der Waals surface area contributed by atoms with Gasteiger partial charge < -0.3 is 4.90 Å². The smallest absolute Gasteiger partial charge is 0.270 e. The summed E-state index contributed by atoms with van der Waals surface area (Å²) in [5.41, 5.74) is 4.10. The van der Waals surface area contributed by atoms with Crippen molar-refractivity contribution in [2.45, 2.75) is 40.5 Å². The van der Waals surface area contributed by atoms with Gasteiger partial charge in [-0.25, -0.2) is 5.01 Å². The number of rotatable bonds is 5. The molecule has 1 heterocycles. The lowest BCUT2D eigenvalue weighted by molar-refractivity contribution is -0.123. The van der Waals surface area contributed by atoms with Crippen LogP contribution in [0.15, 0.2) is 35.5 Å². The third-order valence-corrected chi connectivity index (χ3v) is 4.00. The predicted octanol–water partition coefficient (Wildman–Crippen LogP) is 3.21. The summed E-state index contributed by atoms with van der Waals surface area (Å²) < 4.78 is 0. The highest BCUT2D eigenvalue weighted by atomic mass is 16.2. The van der Waals surface area contributed by atoms with E-state index in [2.05, 4.69) is 11.7 Å². The topological polar surface area (TPSA) is 53.0 Å². The average molecular weight is 327 g/mol. The quantitative estimate of drug-likeness (QED) is 0.780. The molecule has 0 bridgehead atoms. The van der Waals surface area contributed by atoms with E-state index in [4.69, 9.17) is 0 Å². The van der Waals surface area contributed by atoms with Crippen LogP contribution in [-0.2, 0) is 9.59 Å². The number of anilines is 1. The standard InChI is InChI=1S/C19H25N3O2/c1-6-21(12-13(2)3)19(24)16-9-10-18(23)22(20-16)17-11-14(4)7-8-15(17)5/h7-8,11H,2,6,9-10,12H2,1,3-5H3. The third-order valence-electron chi connectivity index (χ3n) is 4.00. The molecule has 5 heteroatoms. The number of aryl methyl sites for hydroxylation is 2. The summed E-state index contributed by atoms with van der Waals surface area (Å²) in [6.07, 6.45) is 0.675. The number of carbonyl (C=O) groups is 2. The minimum Gasteiger partial charge on any atom is -0.334 e. The lowest BCUT2D eigenvalue weighted by Gasteiger charge is -2.27. The Labute approximate surface area is 143 Å². The van der Waals surface area contributed by atoms with Crippen molar-refractivity contribution in [2.75, 3.05) is 18.1 Å². The second kappa shape index (κ2) is 7.43. The molecule has 24 heavy (non-hydrogen) atoms. The van der Waals surface area contributed by atoms with Crippen LogP contribution in [0.4, 0.5) is 5.69 Å². The van der Waals surface area contributed by atoms with Gasteiger partial charge in [0.05, 0.1) is 5.69 Å². The summed E-state index contributed by atoms with van der Waals surface area (Å²) in [6, 6.07) is 5.88. The van der Waals surface area contributed by atoms with Gasteiger partial charge in [0.2, 0.25) is 5.91 Å². The maximum absolute atomic E-state index is 12.7. The van der Waals surface area contributed by atoms with E-state index in [-0.39, 0.29) is 11.8 Å². The molecule has 0 atom stereocenters. The van der Waals surface area contributed by atoms with Gasteiger partial charge in [-0.3, -0.25) is 9.59 Å². The van der Waals surface area contributed by atoms with Gasteiger partial charge in [-0.15, -0.1) is 0 Å². The number of benzene rings is 1. The molecule has 2 amide bonds.